The summed E-state index contributed by atoms with van der Waals surface area (Å²) in [5.41, 5.74) is 1.32. The molecule has 4 nitrogen and oxygen atoms in total. The van der Waals surface area contributed by atoms with Gasteiger partial charge in [-0.15, -0.1) is 0 Å². The van der Waals surface area contributed by atoms with Gasteiger partial charge in [0, 0.05) is 32.2 Å². The van der Waals surface area contributed by atoms with Crippen LogP contribution in [0.15, 0.2) is 30.3 Å². The van der Waals surface area contributed by atoms with E-state index in [2.05, 4.69) is 36.1 Å². The monoisotopic (exact) mass is 262 g/mol. The Bertz CT molecular complexity index is 413. The molecule has 2 unspecified atom stereocenters. The summed E-state index contributed by atoms with van der Waals surface area (Å²) in [5, 5.41) is 9.03. The Morgan fingerprint density at radius 1 is 1.05 bits per heavy atom. The molecule has 0 bridgehead atoms. The summed E-state index contributed by atoms with van der Waals surface area (Å²) in [6, 6.07) is 10.5. The van der Waals surface area contributed by atoms with Gasteiger partial charge in [-0.05, 0) is 19.4 Å². The van der Waals surface area contributed by atoms with Crippen molar-refractivity contribution in [2.45, 2.75) is 25.9 Å². The first kappa shape index (κ1) is 14.0. The van der Waals surface area contributed by atoms with Crippen molar-refractivity contribution in [1.82, 2.24) is 9.80 Å². The number of carboxylic acids is 1. The van der Waals surface area contributed by atoms with Crippen LogP contribution in [-0.4, -0.2) is 53.1 Å². The van der Waals surface area contributed by atoms with E-state index in [0.717, 1.165) is 26.2 Å². The molecule has 1 aliphatic heterocycles. The molecule has 1 fully saturated rings. The summed E-state index contributed by atoms with van der Waals surface area (Å²) in [7, 11) is 0. The van der Waals surface area contributed by atoms with E-state index in [1.165, 1.54) is 5.56 Å². The van der Waals surface area contributed by atoms with E-state index in [1.807, 2.05) is 11.0 Å². The molecule has 0 aliphatic carbocycles. The number of carboxylic acid groups (broad SMARTS) is 1. The Balaban J connectivity index is 1.91. The lowest BCUT2D eigenvalue weighted by molar-refractivity contribution is -0.143. The van der Waals surface area contributed by atoms with Gasteiger partial charge in [0.05, 0.1) is 0 Å². The highest BCUT2D eigenvalue weighted by molar-refractivity contribution is 5.72. The van der Waals surface area contributed by atoms with Crippen molar-refractivity contribution in [3.63, 3.8) is 0 Å². The van der Waals surface area contributed by atoms with Gasteiger partial charge in [-0.25, -0.2) is 0 Å². The van der Waals surface area contributed by atoms with Gasteiger partial charge in [0.15, 0.2) is 0 Å². The third-order valence-corrected chi connectivity index (χ3v) is 4.08. The molecule has 2 rings (SSSR count). The molecule has 19 heavy (non-hydrogen) atoms. The Hall–Kier alpha value is -1.39. The molecule has 1 heterocycles. The Labute approximate surface area is 114 Å². The zero-order chi connectivity index (χ0) is 13.8. The Kier molecular flexibility index (Phi) is 4.56. The van der Waals surface area contributed by atoms with Crippen molar-refractivity contribution in [1.29, 1.82) is 0 Å². The molecule has 0 spiro atoms. The number of hydrogen-bond donors (Lipinski definition) is 1. The number of rotatable bonds is 4. The third-order valence-electron chi connectivity index (χ3n) is 4.08. The highest BCUT2D eigenvalue weighted by Gasteiger charge is 2.27. The minimum Gasteiger partial charge on any atom is -0.480 e. The van der Waals surface area contributed by atoms with Gasteiger partial charge in [-0.3, -0.25) is 14.6 Å². The van der Waals surface area contributed by atoms with E-state index in [1.54, 1.807) is 6.92 Å². The first-order valence-corrected chi connectivity index (χ1v) is 6.85. The molecular weight excluding hydrogens is 240 g/mol. The molecule has 104 valence electrons. The van der Waals surface area contributed by atoms with Crippen LogP contribution < -0.4 is 0 Å². The van der Waals surface area contributed by atoms with Crippen molar-refractivity contribution in [3.8, 4) is 0 Å². The quantitative estimate of drug-likeness (QED) is 0.899. The maximum Gasteiger partial charge on any atom is 0.320 e. The lowest BCUT2D eigenvalue weighted by Gasteiger charge is -2.39. The number of aliphatic carboxylic acids is 1. The van der Waals surface area contributed by atoms with E-state index in [4.69, 9.17) is 5.11 Å². The van der Waals surface area contributed by atoms with Crippen LogP contribution in [0.4, 0.5) is 0 Å². The summed E-state index contributed by atoms with van der Waals surface area (Å²) in [6.07, 6.45) is 0. The second-order valence-corrected chi connectivity index (χ2v) is 5.17. The van der Waals surface area contributed by atoms with Crippen LogP contribution in [0.1, 0.15) is 25.5 Å². The minimum absolute atomic E-state index is 0.380. The number of carbonyl (C=O) groups is 1. The number of benzene rings is 1. The third kappa shape index (κ3) is 3.33. The first-order valence-electron chi connectivity index (χ1n) is 6.85. The van der Waals surface area contributed by atoms with Gasteiger partial charge >= 0.3 is 5.97 Å². The topological polar surface area (TPSA) is 43.8 Å². The summed E-state index contributed by atoms with van der Waals surface area (Å²) in [4.78, 5) is 15.4. The molecule has 0 aromatic heterocycles. The highest BCUT2D eigenvalue weighted by Crippen LogP contribution is 2.21. The van der Waals surface area contributed by atoms with Crippen molar-refractivity contribution in [3.05, 3.63) is 35.9 Å². The fourth-order valence-corrected chi connectivity index (χ4v) is 2.61. The maximum atomic E-state index is 11.0. The smallest absolute Gasteiger partial charge is 0.320 e. The molecule has 0 amide bonds. The van der Waals surface area contributed by atoms with Crippen LogP contribution in [-0.2, 0) is 4.79 Å². The van der Waals surface area contributed by atoms with Gasteiger partial charge in [0.25, 0.3) is 0 Å². The highest BCUT2D eigenvalue weighted by atomic mass is 16.4. The molecule has 0 radical (unpaired) electrons. The van der Waals surface area contributed by atoms with Crippen LogP contribution in [0.2, 0.25) is 0 Å². The normalized spacial score (nSPS) is 20.9. The van der Waals surface area contributed by atoms with Gasteiger partial charge in [0.1, 0.15) is 6.04 Å². The number of hydrogen-bond acceptors (Lipinski definition) is 3. The molecule has 0 saturated carbocycles. The van der Waals surface area contributed by atoms with Crippen molar-refractivity contribution in [2.24, 2.45) is 0 Å². The van der Waals surface area contributed by atoms with Crippen LogP contribution in [0.5, 0.6) is 0 Å². The Morgan fingerprint density at radius 3 is 2.11 bits per heavy atom. The molecule has 4 heteroatoms. The van der Waals surface area contributed by atoms with E-state index in [-0.39, 0.29) is 6.04 Å². The van der Waals surface area contributed by atoms with Crippen LogP contribution >= 0.6 is 0 Å². The summed E-state index contributed by atoms with van der Waals surface area (Å²) >= 11 is 0. The minimum atomic E-state index is -0.732. The molecule has 1 saturated heterocycles. The fourth-order valence-electron chi connectivity index (χ4n) is 2.61. The van der Waals surface area contributed by atoms with Gasteiger partial charge in [-0.1, -0.05) is 30.3 Å². The van der Waals surface area contributed by atoms with Crippen molar-refractivity contribution >= 4 is 5.97 Å². The van der Waals surface area contributed by atoms with Gasteiger partial charge < -0.3 is 5.11 Å². The Morgan fingerprint density at radius 2 is 1.58 bits per heavy atom. The van der Waals surface area contributed by atoms with Crippen LogP contribution in [0.25, 0.3) is 0 Å². The molecular formula is C15H22N2O2. The predicted octanol–water partition coefficient (Wildman–Crippen LogP) is 1.84. The first-order chi connectivity index (χ1) is 9.09. The summed E-state index contributed by atoms with van der Waals surface area (Å²) in [5.74, 6) is -0.732. The molecule has 1 N–H and O–H groups in total. The summed E-state index contributed by atoms with van der Waals surface area (Å²) in [6.45, 7) is 7.47. The number of nitrogens with zero attached hydrogens (tertiary/aromatic N) is 2. The SMILES string of the molecule is CC(C(=O)O)N1CCN(C(C)c2ccccc2)CC1. The van der Waals surface area contributed by atoms with Crippen molar-refractivity contribution in [2.75, 3.05) is 26.2 Å². The summed E-state index contributed by atoms with van der Waals surface area (Å²) < 4.78 is 0. The van der Waals surface area contributed by atoms with Crippen molar-refractivity contribution < 1.29 is 9.90 Å². The van der Waals surface area contributed by atoms with E-state index in [9.17, 15) is 4.79 Å². The number of piperazine rings is 1. The zero-order valence-electron chi connectivity index (χ0n) is 11.6. The average molecular weight is 262 g/mol. The maximum absolute atomic E-state index is 11.0. The van der Waals surface area contributed by atoms with Gasteiger partial charge in [0.2, 0.25) is 0 Å². The predicted molar refractivity (Wildman–Crippen MR) is 75.1 cm³/mol. The van der Waals surface area contributed by atoms with Gasteiger partial charge in [-0.2, -0.15) is 0 Å². The lowest BCUT2D eigenvalue weighted by atomic mass is 10.1. The van der Waals surface area contributed by atoms with E-state index < -0.39 is 5.97 Å². The van der Waals surface area contributed by atoms with E-state index >= 15 is 0 Å². The van der Waals surface area contributed by atoms with E-state index in [0.29, 0.717) is 6.04 Å². The largest absolute Gasteiger partial charge is 0.480 e. The second kappa shape index (κ2) is 6.17. The fraction of sp³-hybridized carbons (Fsp3) is 0.533. The molecule has 1 aliphatic rings. The second-order valence-electron chi connectivity index (χ2n) is 5.17. The molecule has 1 aromatic rings. The molecule has 2 atom stereocenters. The standard InChI is InChI=1S/C15H22N2O2/c1-12(14-6-4-3-5-7-14)16-8-10-17(11-9-16)13(2)15(18)19/h3-7,12-13H,8-11H2,1-2H3,(H,18,19). The van der Waals surface area contributed by atoms with Crippen LogP contribution in [0, 0.1) is 0 Å². The zero-order valence-corrected chi connectivity index (χ0v) is 11.6. The van der Waals surface area contributed by atoms with Crippen LogP contribution in [0.3, 0.4) is 0 Å². The average Bonchev–Trinajstić information content (AvgIpc) is 2.46. The lowest BCUT2D eigenvalue weighted by Crippen LogP contribution is -2.52. The molecule has 1 aromatic carbocycles.